The highest BCUT2D eigenvalue weighted by Gasteiger charge is 2.46. The molecule has 1 fully saturated rings. The molecule has 2 aromatic carbocycles. The molecule has 0 radical (unpaired) electrons. The molecule has 0 aliphatic heterocycles. The van der Waals surface area contributed by atoms with Gasteiger partial charge in [-0.1, -0.05) is 82.6 Å². The molecule has 190 valence electrons. The van der Waals surface area contributed by atoms with E-state index in [0.29, 0.717) is 12.4 Å². The minimum Gasteiger partial charge on any atom is -0.333 e. The second kappa shape index (κ2) is 10.3. The SMILES string of the molecule is Cc1ccc(-n2nc(C(C)(C)C)cc2NC(=O)CN(CC(C)C)C(=O)C2CC2c2ccccc2)cc1. The number of amides is 2. The molecule has 1 aliphatic carbocycles. The fourth-order valence-electron chi connectivity index (χ4n) is 4.52. The Morgan fingerprint density at radius 1 is 1.08 bits per heavy atom. The maximum Gasteiger partial charge on any atom is 0.245 e. The van der Waals surface area contributed by atoms with Gasteiger partial charge in [0, 0.05) is 23.9 Å². The Kier molecular flexibility index (Phi) is 7.34. The first-order valence-corrected chi connectivity index (χ1v) is 12.8. The van der Waals surface area contributed by atoms with E-state index < -0.39 is 0 Å². The van der Waals surface area contributed by atoms with Gasteiger partial charge in [0.1, 0.15) is 5.82 Å². The molecule has 2 amide bonds. The summed E-state index contributed by atoms with van der Waals surface area (Å²) in [5.74, 6) is 0.920. The summed E-state index contributed by atoms with van der Waals surface area (Å²) >= 11 is 0. The molecule has 2 unspecified atom stereocenters. The molecule has 1 saturated carbocycles. The first-order valence-electron chi connectivity index (χ1n) is 12.8. The van der Waals surface area contributed by atoms with Crippen molar-refractivity contribution < 1.29 is 9.59 Å². The van der Waals surface area contributed by atoms with Crippen molar-refractivity contribution in [3.05, 3.63) is 77.5 Å². The maximum atomic E-state index is 13.4. The lowest BCUT2D eigenvalue weighted by atomic mass is 9.92. The molecule has 1 N–H and O–H groups in total. The monoisotopic (exact) mass is 486 g/mol. The minimum atomic E-state index is -0.213. The summed E-state index contributed by atoms with van der Waals surface area (Å²) in [6.07, 6.45) is 0.841. The van der Waals surface area contributed by atoms with Gasteiger partial charge in [-0.25, -0.2) is 4.68 Å². The van der Waals surface area contributed by atoms with E-state index >= 15 is 0 Å². The zero-order valence-corrected chi connectivity index (χ0v) is 22.3. The molecular weight excluding hydrogens is 448 g/mol. The van der Waals surface area contributed by atoms with Crippen molar-refractivity contribution in [1.82, 2.24) is 14.7 Å². The number of carbonyl (C=O) groups excluding carboxylic acids is 2. The number of aryl methyl sites for hydroxylation is 1. The number of aromatic nitrogens is 2. The highest BCUT2D eigenvalue weighted by Crippen LogP contribution is 2.48. The maximum absolute atomic E-state index is 13.4. The Morgan fingerprint density at radius 3 is 2.36 bits per heavy atom. The Balaban J connectivity index is 1.51. The normalized spacial score (nSPS) is 17.2. The Labute approximate surface area is 214 Å². The highest BCUT2D eigenvalue weighted by molar-refractivity contribution is 5.95. The molecule has 4 rings (SSSR count). The molecule has 0 bridgehead atoms. The number of hydrogen-bond donors (Lipinski definition) is 1. The summed E-state index contributed by atoms with van der Waals surface area (Å²) in [6.45, 7) is 13.1. The van der Waals surface area contributed by atoms with Crippen molar-refractivity contribution in [2.45, 2.75) is 59.3 Å². The zero-order valence-electron chi connectivity index (χ0n) is 22.3. The Bertz CT molecular complexity index is 1210. The predicted octanol–water partition coefficient (Wildman–Crippen LogP) is 5.71. The van der Waals surface area contributed by atoms with E-state index in [2.05, 4.69) is 52.1 Å². The summed E-state index contributed by atoms with van der Waals surface area (Å²) in [5.41, 5.74) is 3.95. The minimum absolute atomic E-state index is 0.0267. The molecule has 1 aromatic heterocycles. The lowest BCUT2D eigenvalue weighted by molar-refractivity contribution is -0.136. The number of nitrogens with one attached hydrogen (secondary N) is 1. The predicted molar refractivity (Wildman–Crippen MR) is 144 cm³/mol. The third kappa shape index (κ3) is 6.04. The van der Waals surface area contributed by atoms with Crippen LogP contribution in [0.1, 0.15) is 63.8 Å². The van der Waals surface area contributed by atoms with Gasteiger partial charge >= 0.3 is 0 Å². The van der Waals surface area contributed by atoms with Gasteiger partial charge in [0.05, 0.1) is 17.9 Å². The molecule has 36 heavy (non-hydrogen) atoms. The van der Waals surface area contributed by atoms with Gasteiger partial charge in [0.2, 0.25) is 11.8 Å². The van der Waals surface area contributed by atoms with Gasteiger partial charge in [-0.15, -0.1) is 0 Å². The first kappa shape index (κ1) is 25.7. The molecule has 1 heterocycles. The number of benzene rings is 2. The quantitative estimate of drug-likeness (QED) is 0.444. The summed E-state index contributed by atoms with van der Waals surface area (Å²) in [4.78, 5) is 28.4. The summed E-state index contributed by atoms with van der Waals surface area (Å²) < 4.78 is 1.78. The molecular formula is C30H38N4O2. The van der Waals surface area contributed by atoms with Crippen molar-refractivity contribution in [3.63, 3.8) is 0 Å². The van der Waals surface area contributed by atoms with Crippen LogP contribution in [0, 0.1) is 18.8 Å². The topological polar surface area (TPSA) is 67.2 Å². The molecule has 1 aliphatic rings. The van der Waals surface area contributed by atoms with Crippen molar-refractivity contribution >= 4 is 17.6 Å². The van der Waals surface area contributed by atoms with E-state index in [4.69, 9.17) is 5.10 Å². The average molecular weight is 487 g/mol. The van der Waals surface area contributed by atoms with E-state index in [1.165, 1.54) is 5.56 Å². The molecule has 2 atom stereocenters. The van der Waals surface area contributed by atoms with Crippen molar-refractivity contribution in [2.24, 2.45) is 11.8 Å². The molecule has 3 aromatic rings. The highest BCUT2D eigenvalue weighted by atomic mass is 16.2. The van der Waals surface area contributed by atoms with Crippen LogP contribution in [-0.4, -0.2) is 39.6 Å². The van der Waals surface area contributed by atoms with Gasteiger partial charge in [0.15, 0.2) is 0 Å². The lowest BCUT2D eigenvalue weighted by Gasteiger charge is -2.24. The number of nitrogens with zero attached hydrogens (tertiary/aromatic N) is 3. The van der Waals surface area contributed by atoms with E-state index in [0.717, 1.165) is 23.4 Å². The van der Waals surface area contributed by atoms with Crippen LogP contribution < -0.4 is 5.32 Å². The van der Waals surface area contributed by atoms with Gasteiger partial charge in [-0.2, -0.15) is 5.10 Å². The summed E-state index contributed by atoms with van der Waals surface area (Å²) in [7, 11) is 0. The van der Waals surface area contributed by atoms with Gasteiger partial charge < -0.3 is 10.2 Å². The van der Waals surface area contributed by atoms with E-state index in [1.54, 1.807) is 9.58 Å². The smallest absolute Gasteiger partial charge is 0.245 e. The second-order valence-electron chi connectivity index (χ2n) is 11.4. The molecule has 0 saturated heterocycles. The fraction of sp³-hybridized carbons (Fsp3) is 0.433. The largest absolute Gasteiger partial charge is 0.333 e. The zero-order chi connectivity index (χ0) is 26.0. The molecule has 6 heteroatoms. The van der Waals surface area contributed by atoms with Crippen LogP contribution in [0.15, 0.2) is 60.7 Å². The Morgan fingerprint density at radius 2 is 1.75 bits per heavy atom. The third-order valence-electron chi connectivity index (χ3n) is 6.59. The first-order chi connectivity index (χ1) is 17.0. The van der Waals surface area contributed by atoms with Crippen LogP contribution in [0.5, 0.6) is 0 Å². The fourth-order valence-corrected chi connectivity index (χ4v) is 4.52. The van der Waals surface area contributed by atoms with E-state index in [1.807, 2.05) is 55.5 Å². The van der Waals surface area contributed by atoms with Crippen molar-refractivity contribution in [3.8, 4) is 5.69 Å². The Hall–Kier alpha value is -3.41. The van der Waals surface area contributed by atoms with Crippen LogP contribution in [0.25, 0.3) is 5.69 Å². The standard InChI is InChI=1S/C30H38N4O2/c1-20(2)18-33(29(36)25-16-24(25)22-10-8-7-9-11-22)19-28(35)31-27-17-26(30(4,5)6)32-34(27)23-14-12-21(3)13-15-23/h7-15,17,20,24-25H,16,18-19H2,1-6H3,(H,31,35). The van der Waals surface area contributed by atoms with Gasteiger partial charge in [-0.05, 0) is 42.9 Å². The average Bonchev–Trinajstić information content (AvgIpc) is 3.51. The number of anilines is 1. The lowest BCUT2D eigenvalue weighted by Crippen LogP contribution is -2.41. The van der Waals surface area contributed by atoms with E-state index in [-0.39, 0.29) is 41.5 Å². The number of hydrogen-bond acceptors (Lipinski definition) is 3. The number of carbonyl (C=O) groups is 2. The van der Waals surface area contributed by atoms with Crippen molar-refractivity contribution in [2.75, 3.05) is 18.4 Å². The van der Waals surface area contributed by atoms with Crippen LogP contribution >= 0.6 is 0 Å². The van der Waals surface area contributed by atoms with Gasteiger partial charge in [-0.3, -0.25) is 9.59 Å². The number of rotatable bonds is 8. The molecule has 6 nitrogen and oxygen atoms in total. The van der Waals surface area contributed by atoms with Crippen molar-refractivity contribution in [1.29, 1.82) is 0 Å². The second-order valence-corrected chi connectivity index (χ2v) is 11.4. The third-order valence-corrected chi connectivity index (χ3v) is 6.59. The van der Waals surface area contributed by atoms with Crippen LogP contribution in [0.2, 0.25) is 0 Å². The van der Waals surface area contributed by atoms with Crippen LogP contribution in [-0.2, 0) is 15.0 Å². The van der Waals surface area contributed by atoms with Crippen LogP contribution in [0.4, 0.5) is 5.82 Å². The summed E-state index contributed by atoms with van der Waals surface area (Å²) in [5, 5.41) is 7.84. The van der Waals surface area contributed by atoms with Crippen LogP contribution in [0.3, 0.4) is 0 Å². The molecule has 0 spiro atoms. The summed E-state index contributed by atoms with van der Waals surface area (Å²) in [6, 6.07) is 20.2. The van der Waals surface area contributed by atoms with E-state index in [9.17, 15) is 9.59 Å². The van der Waals surface area contributed by atoms with Gasteiger partial charge in [0.25, 0.3) is 0 Å².